The third-order valence-electron chi connectivity index (χ3n) is 9.07. The molecule has 48 heavy (non-hydrogen) atoms. The molecule has 1 atom stereocenters. The fraction of sp³-hybridized carbons (Fsp3) is 0.556. The van der Waals surface area contributed by atoms with Crippen molar-refractivity contribution in [2.75, 3.05) is 6.54 Å². The van der Waals surface area contributed by atoms with Gasteiger partial charge in [0.15, 0.2) is 5.78 Å². The van der Waals surface area contributed by atoms with Crippen molar-refractivity contribution in [3.05, 3.63) is 107 Å². The molecule has 2 aromatic carbocycles. The summed E-state index contributed by atoms with van der Waals surface area (Å²) in [6.07, 6.45) is 20.4. The number of nitrogens with one attached hydrogen (secondary N) is 1. The molecule has 0 aromatic heterocycles. The molecule has 2 saturated carbocycles. The van der Waals surface area contributed by atoms with Crippen LogP contribution in [-0.4, -0.2) is 23.7 Å². The SMILES string of the molecule is C=C/C=C\C(=C/C(C)c1ccc(C)cc1)C(=O)c1ccc(C)cc1C.CC.CC.CC1CCCCC1.CCCNC1(C(C)=O)CCCC1. The van der Waals surface area contributed by atoms with Crippen LogP contribution >= 0.6 is 0 Å². The van der Waals surface area contributed by atoms with Crippen molar-refractivity contribution in [2.45, 2.75) is 152 Å². The van der Waals surface area contributed by atoms with Gasteiger partial charge in [-0.15, -0.1) is 0 Å². The van der Waals surface area contributed by atoms with Crippen molar-refractivity contribution < 1.29 is 9.59 Å². The minimum absolute atomic E-state index is 0.0505. The molecule has 1 N–H and O–H groups in total. The highest BCUT2D eigenvalue weighted by molar-refractivity contribution is 6.11. The average Bonchev–Trinajstić information content (AvgIpc) is 3.59. The van der Waals surface area contributed by atoms with Gasteiger partial charge in [-0.3, -0.25) is 9.59 Å². The molecule has 1 unspecified atom stereocenters. The van der Waals surface area contributed by atoms with E-state index in [0.29, 0.717) is 11.4 Å². The van der Waals surface area contributed by atoms with Gasteiger partial charge in [-0.1, -0.05) is 178 Å². The van der Waals surface area contributed by atoms with Crippen LogP contribution in [0.25, 0.3) is 0 Å². The molecular formula is C45H71NO2. The van der Waals surface area contributed by atoms with E-state index in [0.717, 1.165) is 48.4 Å². The smallest absolute Gasteiger partial charge is 0.192 e. The first kappa shape index (κ1) is 45.0. The van der Waals surface area contributed by atoms with E-state index < -0.39 is 0 Å². The minimum atomic E-state index is -0.143. The lowest BCUT2D eigenvalue weighted by Crippen LogP contribution is -2.48. The van der Waals surface area contributed by atoms with Gasteiger partial charge in [0.25, 0.3) is 0 Å². The first-order valence-corrected chi connectivity index (χ1v) is 19.0. The summed E-state index contributed by atoms with van der Waals surface area (Å²) in [7, 11) is 0. The number of Topliss-reactive ketones (excluding diaryl/α,β-unsaturated/α-hetero) is 2. The molecule has 3 heteroatoms. The summed E-state index contributed by atoms with van der Waals surface area (Å²) in [4.78, 5) is 24.5. The predicted octanol–water partition coefficient (Wildman–Crippen LogP) is 12.8. The molecular weight excluding hydrogens is 587 g/mol. The number of ketones is 2. The third kappa shape index (κ3) is 16.4. The molecule has 0 amide bonds. The van der Waals surface area contributed by atoms with E-state index in [1.165, 1.54) is 56.1 Å². The number of hydrogen-bond acceptors (Lipinski definition) is 3. The van der Waals surface area contributed by atoms with Crippen LogP contribution < -0.4 is 5.32 Å². The van der Waals surface area contributed by atoms with Crippen LogP contribution in [0, 0.1) is 26.7 Å². The highest BCUT2D eigenvalue weighted by Crippen LogP contribution is 2.30. The van der Waals surface area contributed by atoms with Crippen molar-refractivity contribution in [3.63, 3.8) is 0 Å². The Bertz CT molecular complexity index is 1240. The van der Waals surface area contributed by atoms with Crippen molar-refractivity contribution in [2.24, 2.45) is 5.92 Å². The minimum Gasteiger partial charge on any atom is -0.305 e. The van der Waals surface area contributed by atoms with Crippen molar-refractivity contribution >= 4 is 11.6 Å². The van der Waals surface area contributed by atoms with Crippen LogP contribution in [-0.2, 0) is 4.79 Å². The maximum Gasteiger partial charge on any atom is 0.192 e. The maximum atomic E-state index is 13.0. The van der Waals surface area contributed by atoms with Crippen LogP contribution in [0.2, 0.25) is 0 Å². The van der Waals surface area contributed by atoms with Crippen molar-refractivity contribution in [1.82, 2.24) is 5.32 Å². The Morgan fingerprint density at radius 3 is 1.92 bits per heavy atom. The lowest BCUT2D eigenvalue weighted by atomic mass is 9.91. The Morgan fingerprint density at radius 1 is 0.896 bits per heavy atom. The first-order chi connectivity index (χ1) is 23.0. The van der Waals surface area contributed by atoms with E-state index in [1.54, 1.807) is 13.0 Å². The molecule has 0 radical (unpaired) electrons. The number of carbonyl (C=O) groups is 2. The summed E-state index contributed by atoms with van der Waals surface area (Å²) >= 11 is 0. The standard InChI is InChI=1S/C24H26O.C10H19NO.C7H14.2C2H6/c1-6-7-8-22(16-19(4)21-12-9-17(2)10-13-21)24(25)23-14-11-18(3)15-20(23)5;1-3-8-11-10(9(2)12)6-4-5-7-10;1-7-5-3-2-4-6-7;2*1-2/h6-16,19H,1H2,2-5H3;11H,3-8H2,1-2H3;7H,2-6H2,1H3;2*1-2H3/b8-7-,22-16+;;;;. The second-order valence-corrected chi connectivity index (χ2v) is 13.1. The average molecular weight is 658 g/mol. The van der Waals surface area contributed by atoms with E-state index in [2.05, 4.69) is 63.9 Å². The monoisotopic (exact) mass is 658 g/mol. The largest absolute Gasteiger partial charge is 0.305 e. The van der Waals surface area contributed by atoms with Gasteiger partial charge in [0.2, 0.25) is 0 Å². The topological polar surface area (TPSA) is 46.2 Å². The van der Waals surface area contributed by atoms with Gasteiger partial charge in [-0.2, -0.15) is 0 Å². The zero-order valence-corrected chi connectivity index (χ0v) is 32.8. The van der Waals surface area contributed by atoms with E-state index in [9.17, 15) is 9.59 Å². The quantitative estimate of drug-likeness (QED) is 0.157. The van der Waals surface area contributed by atoms with Crippen molar-refractivity contribution in [1.29, 1.82) is 0 Å². The van der Waals surface area contributed by atoms with Crippen LogP contribution in [0.1, 0.15) is 158 Å². The summed E-state index contributed by atoms with van der Waals surface area (Å²) < 4.78 is 0. The van der Waals surface area contributed by atoms with Crippen molar-refractivity contribution in [3.8, 4) is 0 Å². The van der Waals surface area contributed by atoms with Crippen LogP contribution in [0.5, 0.6) is 0 Å². The number of benzene rings is 2. The number of allylic oxidation sites excluding steroid dienone is 5. The summed E-state index contributed by atoms with van der Waals surface area (Å²) in [5, 5.41) is 3.39. The number of aryl methyl sites for hydroxylation is 3. The first-order valence-electron chi connectivity index (χ1n) is 19.0. The predicted molar refractivity (Wildman–Crippen MR) is 212 cm³/mol. The van der Waals surface area contributed by atoms with Gasteiger partial charge in [0.1, 0.15) is 5.78 Å². The molecule has 4 rings (SSSR count). The Morgan fingerprint density at radius 2 is 1.46 bits per heavy atom. The molecule has 2 aromatic rings. The molecule has 3 nitrogen and oxygen atoms in total. The number of hydrogen-bond donors (Lipinski definition) is 1. The number of rotatable bonds is 10. The molecule has 2 aliphatic carbocycles. The molecule has 0 spiro atoms. The molecule has 0 aliphatic heterocycles. The lowest BCUT2D eigenvalue weighted by Gasteiger charge is -2.27. The van der Waals surface area contributed by atoms with Gasteiger partial charge in [-0.25, -0.2) is 0 Å². The van der Waals surface area contributed by atoms with E-state index in [1.807, 2.05) is 78.0 Å². The highest BCUT2D eigenvalue weighted by Gasteiger charge is 2.37. The van der Waals surface area contributed by atoms with Crippen LogP contribution in [0.15, 0.2) is 78.9 Å². The van der Waals surface area contributed by atoms with E-state index >= 15 is 0 Å². The van der Waals surface area contributed by atoms with Gasteiger partial charge in [-0.05, 0) is 76.5 Å². The molecule has 0 heterocycles. The van der Waals surface area contributed by atoms with Crippen LogP contribution in [0.4, 0.5) is 0 Å². The van der Waals surface area contributed by atoms with Gasteiger partial charge in [0, 0.05) is 11.1 Å². The zero-order chi connectivity index (χ0) is 36.5. The maximum absolute atomic E-state index is 13.0. The second-order valence-electron chi connectivity index (χ2n) is 13.1. The van der Waals surface area contributed by atoms with Crippen LogP contribution in [0.3, 0.4) is 0 Å². The zero-order valence-electron chi connectivity index (χ0n) is 32.8. The molecule has 268 valence electrons. The lowest BCUT2D eigenvalue weighted by molar-refractivity contribution is -0.123. The summed E-state index contributed by atoms with van der Waals surface area (Å²) in [6, 6.07) is 14.4. The number of carbonyl (C=O) groups excluding carboxylic acids is 2. The fourth-order valence-corrected chi connectivity index (χ4v) is 6.14. The molecule has 2 fully saturated rings. The summed E-state index contributed by atoms with van der Waals surface area (Å²) in [5.41, 5.74) is 5.90. The molecule has 0 bridgehead atoms. The normalized spacial score (nSPS) is 16.0. The van der Waals surface area contributed by atoms with E-state index in [4.69, 9.17) is 0 Å². The van der Waals surface area contributed by atoms with Gasteiger partial charge in [0.05, 0.1) is 5.54 Å². The highest BCUT2D eigenvalue weighted by atomic mass is 16.1. The Hall–Kier alpha value is -3.04. The third-order valence-corrected chi connectivity index (χ3v) is 9.07. The Kier molecular flexibility index (Phi) is 24.3. The van der Waals surface area contributed by atoms with Gasteiger partial charge >= 0.3 is 0 Å². The Labute approximate surface area is 296 Å². The van der Waals surface area contributed by atoms with Gasteiger partial charge < -0.3 is 5.32 Å². The Balaban J connectivity index is 0.000000789. The van der Waals surface area contributed by atoms with E-state index in [-0.39, 0.29) is 17.2 Å². The molecule has 0 saturated heterocycles. The summed E-state index contributed by atoms with van der Waals surface area (Å²) in [5.74, 6) is 1.57. The fourth-order valence-electron chi connectivity index (χ4n) is 6.14. The molecule has 2 aliphatic rings. The second kappa shape index (κ2) is 25.9. The summed E-state index contributed by atoms with van der Waals surface area (Å²) in [6.45, 7) is 27.1.